The lowest BCUT2D eigenvalue weighted by Crippen LogP contribution is -1.92. The minimum Gasteiger partial charge on any atom is -0.441 e. The highest BCUT2D eigenvalue weighted by Crippen LogP contribution is 2.28. The molecule has 0 aliphatic heterocycles. The number of rotatable bonds is 4. The van der Waals surface area contributed by atoms with Crippen LogP contribution in [-0.2, 0) is 6.42 Å². The number of aliphatic hydroxyl groups excluding tert-OH is 2. The highest BCUT2D eigenvalue weighted by atomic mass is 16.4. The van der Waals surface area contributed by atoms with Crippen LogP contribution in [0.5, 0.6) is 0 Å². The van der Waals surface area contributed by atoms with Gasteiger partial charge in [0.05, 0.1) is 11.4 Å². The van der Waals surface area contributed by atoms with Crippen molar-refractivity contribution >= 4 is 0 Å². The summed E-state index contributed by atoms with van der Waals surface area (Å²) >= 11 is 0. The maximum absolute atomic E-state index is 9.04. The normalized spacial score (nSPS) is 9.93. The second kappa shape index (κ2) is 11.3. The van der Waals surface area contributed by atoms with Crippen LogP contribution < -0.4 is 0 Å². The largest absolute Gasteiger partial charge is 0.441 e. The molecule has 27 heavy (non-hydrogen) atoms. The Balaban J connectivity index is 0.000000665. The van der Waals surface area contributed by atoms with Crippen LogP contribution in [0.15, 0.2) is 33.1 Å². The third kappa shape index (κ3) is 6.05. The number of aryl methyl sites for hydroxylation is 3. The number of hydrogen-bond acceptors (Lipinski definition) is 6. The molecule has 0 aliphatic rings. The lowest BCUT2D eigenvalue weighted by atomic mass is 10.1. The van der Waals surface area contributed by atoms with E-state index < -0.39 is 0 Å². The van der Waals surface area contributed by atoms with Crippen LogP contribution in [0.25, 0.3) is 22.9 Å². The Morgan fingerprint density at radius 3 is 1.89 bits per heavy atom. The van der Waals surface area contributed by atoms with E-state index >= 15 is 0 Å². The summed E-state index contributed by atoms with van der Waals surface area (Å²) in [5.74, 6) is 2.69. The molecule has 0 saturated heterocycles. The minimum absolute atomic E-state index is 0.0573. The van der Waals surface area contributed by atoms with Gasteiger partial charge in [-0.05, 0) is 45.9 Å². The van der Waals surface area contributed by atoms with Gasteiger partial charge in [-0.15, -0.1) is 0 Å². The fraction of sp³-hybridized carbons (Fsp3) is 0.429. The van der Waals surface area contributed by atoms with Crippen molar-refractivity contribution in [2.75, 3.05) is 13.2 Å². The summed E-state index contributed by atoms with van der Waals surface area (Å²) in [6, 6.07) is 7.74. The molecule has 0 bridgehead atoms. The number of benzene rings is 1. The fourth-order valence-electron chi connectivity index (χ4n) is 2.27. The van der Waals surface area contributed by atoms with Crippen molar-refractivity contribution in [3.63, 3.8) is 0 Å². The van der Waals surface area contributed by atoms with Crippen molar-refractivity contribution < 1.29 is 19.0 Å². The van der Waals surface area contributed by atoms with Crippen LogP contribution >= 0.6 is 0 Å². The Morgan fingerprint density at radius 2 is 1.41 bits per heavy atom. The molecule has 2 N–H and O–H groups in total. The van der Waals surface area contributed by atoms with Gasteiger partial charge in [0.15, 0.2) is 0 Å². The van der Waals surface area contributed by atoms with Gasteiger partial charge in [0.1, 0.15) is 11.5 Å². The summed E-state index contributed by atoms with van der Waals surface area (Å²) in [6.07, 6.45) is 0.493. The van der Waals surface area contributed by atoms with E-state index in [1.54, 1.807) is 6.92 Å². The molecule has 3 rings (SSSR count). The SMILES string of the molecule is CC.CCO.Cc1nc(-c2cccc(-c3nc(CCO)c(C)o3)c2)oc1C. The van der Waals surface area contributed by atoms with Crippen molar-refractivity contribution in [2.45, 2.75) is 48.0 Å². The first-order valence-corrected chi connectivity index (χ1v) is 9.23. The first-order valence-electron chi connectivity index (χ1n) is 9.23. The molecule has 0 unspecified atom stereocenters. The van der Waals surface area contributed by atoms with Crippen molar-refractivity contribution in [2.24, 2.45) is 0 Å². The van der Waals surface area contributed by atoms with Gasteiger partial charge < -0.3 is 19.0 Å². The number of hydrogen-bond donors (Lipinski definition) is 2. The molecule has 0 aliphatic carbocycles. The quantitative estimate of drug-likeness (QED) is 0.699. The van der Waals surface area contributed by atoms with Gasteiger partial charge >= 0.3 is 0 Å². The van der Waals surface area contributed by atoms with Crippen LogP contribution in [0.3, 0.4) is 0 Å². The Bertz CT molecular complexity index is 802. The van der Waals surface area contributed by atoms with Crippen molar-refractivity contribution in [1.82, 2.24) is 9.97 Å². The molecule has 148 valence electrons. The molecule has 0 radical (unpaired) electrons. The summed E-state index contributed by atoms with van der Waals surface area (Å²) in [5.41, 5.74) is 3.41. The second-order valence-corrected chi connectivity index (χ2v) is 5.55. The Hall–Kier alpha value is -2.44. The lowest BCUT2D eigenvalue weighted by Gasteiger charge is -1.99. The first-order chi connectivity index (χ1) is 13.0. The molecular formula is C21H30N2O4. The highest BCUT2D eigenvalue weighted by molar-refractivity contribution is 5.64. The summed E-state index contributed by atoms with van der Waals surface area (Å²) in [4.78, 5) is 8.87. The van der Waals surface area contributed by atoms with Crippen LogP contribution in [0.2, 0.25) is 0 Å². The summed E-state index contributed by atoms with van der Waals surface area (Å²) < 4.78 is 11.4. The van der Waals surface area contributed by atoms with E-state index in [1.807, 2.05) is 58.9 Å². The van der Waals surface area contributed by atoms with E-state index in [9.17, 15) is 0 Å². The van der Waals surface area contributed by atoms with E-state index in [0.717, 1.165) is 34.0 Å². The summed E-state index contributed by atoms with van der Waals surface area (Å²) in [5, 5.41) is 16.6. The smallest absolute Gasteiger partial charge is 0.226 e. The minimum atomic E-state index is 0.0573. The number of nitrogens with zero attached hydrogens (tertiary/aromatic N) is 2. The highest BCUT2D eigenvalue weighted by Gasteiger charge is 2.13. The monoisotopic (exact) mass is 374 g/mol. The van der Waals surface area contributed by atoms with Crippen molar-refractivity contribution in [1.29, 1.82) is 0 Å². The molecule has 0 saturated carbocycles. The zero-order chi connectivity index (χ0) is 20.4. The first kappa shape index (κ1) is 22.6. The number of oxazole rings is 2. The zero-order valence-electron chi connectivity index (χ0n) is 17.0. The third-order valence-corrected chi connectivity index (χ3v) is 3.63. The molecule has 0 fully saturated rings. The average Bonchev–Trinajstić information content (AvgIpc) is 3.21. The molecule has 0 atom stereocenters. The van der Waals surface area contributed by atoms with E-state index in [-0.39, 0.29) is 13.2 Å². The molecule has 1 aromatic carbocycles. The Labute approximate surface area is 160 Å². The average molecular weight is 374 g/mol. The molecule has 6 nitrogen and oxygen atoms in total. The Morgan fingerprint density at radius 1 is 0.889 bits per heavy atom. The molecule has 2 aromatic heterocycles. The maximum atomic E-state index is 9.04. The predicted molar refractivity (Wildman–Crippen MR) is 107 cm³/mol. The summed E-state index contributed by atoms with van der Waals surface area (Å²) in [6.45, 7) is 11.7. The van der Waals surface area contributed by atoms with Gasteiger partial charge in [0.2, 0.25) is 11.8 Å². The summed E-state index contributed by atoms with van der Waals surface area (Å²) in [7, 11) is 0. The molecule has 0 spiro atoms. The zero-order valence-corrected chi connectivity index (χ0v) is 17.0. The van der Waals surface area contributed by atoms with E-state index in [4.69, 9.17) is 19.0 Å². The van der Waals surface area contributed by atoms with Gasteiger partial charge in [-0.2, -0.15) is 0 Å². The van der Waals surface area contributed by atoms with Gasteiger partial charge in [-0.3, -0.25) is 0 Å². The molecular weight excluding hydrogens is 344 g/mol. The molecule has 6 heteroatoms. The maximum Gasteiger partial charge on any atom is 0.226 e. The molecule has 2 heterocycles. The van der Waals surface area contributed by atoms with Crippen LogP contribution in [-0.4, -0.2) is 33.4 Å². The predicted octanol–water partition coefficient (Wildman–Crippen LogP) is 4.48. The molecule has 3 aromatic rings. The van der Waals surface area contributed by atoms with E-state index in [1.165, 1.54) is 0 Å². The van der Waals surface area contributed by atoms with Crippen molar-refractivity contribution in [3.05, 3.63) is 47.2 Å². The van der Waals surface area contributed by atoms with Gasteiger partial charge in [-0.1, -0.05) is 19.9 Å². The van der Waals surface area contributed by atoms with Gasteiger partial charge in [0, 0.05) is 30.8 Å². The van der Waals surface area contributed by atoms with Gasteiger partial charge in [-0.25, -0.2) is 9.97 Å². The third-order valence-electron chi connectivity index (χ3n) is 3.63. The standard InChI is InChI=1S/C17H18N2O3.C2H6O.C2H6/c1-10-11(2)21-16(18-10)13-5-4-6-14(9-13)17-19-15(7-8-20)12(3)22-17;1-2-3;1-2/h4-6,9,20H,7-8H2,1-3H3;3H,2H2,1H3;1-2H3. The Kier molecular flexibility index (Phi) is 9.47. The number of aliphatic hydroxyl groups is 2. The number of aromatic nitrogens is 2. The van der Waals surface area contributed by atoms with Crippen molar-refractivity contribution in [3.8, 4) is 22.9 Å². The topological polar surface area (TPSA) is 92.5 Å². The lowest BCUT2D eigenvalue weighted by molar-refractivity contribution is 0.297. The van der Waals surface area contributed by atoms with E-state index in [0.29, 0.717) is 18.2 Å². The fourth-order valence-corrected chi connectivity index (χ4v) is 2.27. The molecule has 0 amide bonds. The second-order valence-electron chi connectivity index (χ2n) is 5.55. The van der Waals surface area contributed by atoms with Crippen LogP contribution in [0, 0.1) is 20.8 Å². The van der Waals surface area contributed by atoms with Gasteiger partial charge in [0.25, 0.3) is 0 Å². The van der Waals surface area contributed by atoms with Crippen LogP contribution in [0.4, 0.5) is 0 Å². The van der Waals surface area contributed by atoms with E-state index in [2.05, 4.69) is 9.97 Å². The van der Waals surface area contributed by atoms with Crippen LogP contribution in [0.1, 0.15) is 43.7 Å².